The zero-order valence-electron chi connectivity index (χ0n) is 20.0. The predicted octanol–water partition coefficient (Wildman–Crippen LogP) is 2.03. The van der Waals surface area contributed by atoms with Crippen LogP contribution in [0.15, 0.2) is 12.1 Å². The van der Waals surface area contributed by atoms with Crippen LogP contribution in [0.25, 0.3) is 0 Å². The van der Waals surface area contributed by atoms with E-state index < -0.39 is 12.0 Å². The first-order valence-electron chi connectivity index (χ1n) is 12.1. The largest absolute Gasteiger partial charge is 0.496 e. The molecule has 0 aliphatic carbocycles. The van der Waals surface area contributed by atoms with Gasteiger partial charge in [-0.05, 0) is 70.1 Å². The fraction of sp³-hybridized carbons (Fsp3) is 0.667. The first kappa shape index (κ1) is 26.5. The van der Waals surface area contributed by atoms with Gasteiger partial charge in [-0.3, -0.25) is 9.59 Å². The van der Waals surface area contributed by atoms with Crippen molar-refractivity contribution >= 4 is 29.2 Å². The molecule has 1 aromatic rings. The molecular formula is C24H38ClN5O4. The Labute approximate surface area is 206 Å². The number of nitrogens with one attached hydrogen (secondary N) is 1. The molecule has 2 saturated heterocycles. The summed E-state index contributed by atoms with van der Waals surface area (Å²) in [6.07, 6.45) is 5.52. The number of halogens is 1. The molecule has 10 heteroatoms. The molecule has 1 unspecified atom stereocenters. The summed E-state index contributed by atoms with van der Waals surface area (Å²) in [5.41, 5.74) is 12.2. The van der Waals surface area contributed by atoms with E-state index in [2.05, 4.69) is 15.1 Å². The number of piperidine rings is 2. The van der Waals surface area contributed by atoms with E-state index in [4.69, 9.17) is 32.9 Å². The Hall–Kier alpha value is -2.07. The number of hydrogen-bond donors (Lipinski definition) is 4. The monoisotopic (exact) mass is 495 g/mol. The van der Waals surface area contributed by atoms with E-state index in [0.29, 0.717) is 34.4 Å². The number of carbonyl (C=O) groups is 2. The Bertz CT molecular complexity index is 839. The van der Waals surface area contributed by atoms with Crippen LogP contribution in [0.2, 0.25) is 5.02 Å². The smallest absolute Gasteiger partial charge is 0.320 e. The Morgan fingerprint density at radius 2 is 1.82 bits per heavy atom. The minimum Gasteiger partial charge on any atom is -0.496 e. The highest BCUT2D eigenvalue weighted by Gasteiger charge is 2.26. The number of nitrogen functional groups attached to an aromatic ring is 1. The molecule has 0 spiro atoms. The Kier molecular flexibility index (Phi) is 9.82. The van der Waals surface area contributed by atoms with Gasteiger partial charge in [-0.1, -0.05) is 11.6 Å². The van der Waals surface area contributed by atoms with Gasteiger partial charge < -0.3 is 36.4 Å². The summed E-state index contributed by atoms with van der Waals surface area (Å²) in [6, 6.07) is 2.52. The number of benzene rings is 1. The number of hydrogen-bond acceptors (Lipinski definition) is 7. The van der Waals surface area contributed by atoms with Crippen molar-refractivity contribution in [3.05, 3.63) is 22.7 Å². The fourth-order valence-corrected chi connectivity index (χ4v) is 5.02. The molecule has 1 aromatic carbocycles. The third-order valence-corrected chi connectivity index (χ3v) is 7.34. The summed E-state index contributed by atoms with van der Waals surface area (Å²) in [5, 5.41) is 12.4. The minimum absolute atomic E-state index is 0.129. The van der Waals surface area contributed by atoms with E-state index in [0.717, 1.165) is 58.5 Å². The second kappa shape index (κ2) is 12.6. The highest BCUT2D eigenvalue weighted by atomic mass is 35.5. The van der Waals surface area contributed by atoms with Crippen LogP contribution in [0.4, 0.5) is 5.69 Å². The average Bonchev–Trinajstić information content (AvgIpc) is 2.82. The molecule has 2 aliphatic heterocycles. The molecule has 2 aliphatic rings. The Balaban J connectivity index is 1.36. The van der Waals surface area contributed by atoms with Crippen LogP contribution in [0.3, 0.4) is 0 Å². The van der Waals surface area contributed by atoms with Crippen molar-refractivity contribution < 1.29 is 19.4 Å². The summed E-state index contributed by atoms with van der Waals surface area (Å²) in [5.74, 6) is 0.00283. The Morgan fingerprint density at radius 1 is 1.18 bits per heavy atom. The lowest BCUT2D eigenvalue weighted by molar-refractivity contribution is -0.138. The van der Waals surface area contributed by atoms with Gasteiger partial charge in [-0.15, -0.1) is 0 Å². The van der Waals surface area contributed by atoms with E-state index in [1.165, 1.54) is 20.0 Å². The lowest BCUT2D eigenvalue weighted by Crippen LogP contribution is -2.47. The maximum atomic E-state index is 12.8. The molecule has 34 heavy (non-hydrogen) atoms. The molecule has 3 rings (SSSR count). The van der Waals surface area contributed by atoms with Gasteiger partial charge in [0.25, 0.3) is 5.91 Å². The van der Waals surface area contributed by atoms with E-state index in [-0.39, 0.29) is 11.9 Å². The molecule has 1 atom stereocenters. The van der Waals surface area contributed by atoms with Crippen LogP contribution in [0.1, 0.15) is 48.9 Å². The second-order valence-corrected chi connectivity index (χ2v) is 9.90. The number of aliphatic carboxylic acids is 1. The van der Waals surface area contributed by atoms with E-state index in [1.807, 2.05) is 0 Å². The summed E-state index contributed by atoms with van der Waals surface area (Å²) >= 11 is 6.10. The van der Waals surface area contributed by atoms with E-state index >= 15 is 0 Å². The number of carboxylic acids is 1. The lowest BCUT2D eigenvalue weighted by atomic mass is 9.94. The molecular weight excluding hydrogens is 458 g/mol. The normalized spacial score (nSPS) is 19.6. The summed E-state index contributed by atoms with van der Waals surface area (Å²) in [6.45, 7) is 6.08. The number of carboxylic acid groups (broad SMARTS) is 1. The number of ether oxygens (including phenoxy) is 1. The van der Waals surface area contributed by atoms with Gasteiger partial charge in [0, 0.05) is 31.7 Å². The van der Waals surface area contributed by atoms with Crippen molar-refractivity contribution in [2.24, 2.45) is 11.7 Å². The van der Waals surface area contributed by atoms with Crippen molar-refractivity contribution in [3.8, 4) is 5.75 Å². The van der Waals surface area contributed by atoms with Crippen LogP contribution < -0.4 is 21.5 Å². The molecule has 0 radical (unpaired) electrons. The van der Waals surface area contributed by atoms with Crippen molar-refractivity contribution in [2.45, 2.75) is 50.6 Å². The molecule has 0 aromatic heterocycles. The third-order valence-electron chi connectivity index (χ3n) is 7.02. The van der Waals surface area contributed by atoms with Crippen molar-refractivity contribution in [1.82, 2.24) is 15.1 Å². The molecule has 6 N–H and O–H groups in total. The highest BCUT2D eigenvalue weighted by Crippen LogP contribution is 2.29. The topological polar surface area (TPSA) is 134 Å². The average molecular weight is 496 g/mol. The van der Waals surface area contributed by atoms with E-state index in [1.54, 1.807) is 12.1 Å². The first-order chi connectivity index (χ1) is 16.3. The van der Waals surface area contributed by atoms with Gasteiger partial charge in [0.1, 0.15) is 11.8 Å². The summed E-state index contributed by atoms with van der Waals surface area (Å²) < 4.78 is 5.30. The van der Waals surface area contributed by atoms with Crippen LogP contribution >= 0.6 is 11.6 Å². The minimum atomic E-state index is -0.920. The number of likely N-dealkylation sites (tertiary alicyclic amines) is 2. The van der Waals surface area contributed by atoms with Crippen molar-refractivity contribution in [2.75, 3.05) is 52.1 Å². The number of anilines is 1. The summed E-state index contributed by atoms with van der Waals surface area (Å²) in [4.78, 5) is 28.5. The molecule has 2 fully saturated rings. The van der Waals surface area contributed by atoms with Crippen molar-refractivity contribution in [3.63, 3.8) is 0 Å². The van der Waals surface area contributed by atoms with Crippen LogP contribution in [0.5, 0.6) is 5.75 Å². The van der Waals surface area contributed by atoms with Crippen molar-refractivity contribution in [1.29, 1.82) is 0 Å². The molecule has 9 nitrogen and oxygen atoms in total. The zero-order chi connectivity index (χ0) is 24.7. The number of methoxy groups -OCH3 is 1. The van der Waals surface area contributed by atoms with E-state index in [9.17, 15) is 9.59 Å². The molecule has 190 valence electrons. The van der Waals surface area contributed by atoms with Gasteiger partial charge in [-0.2, -0.15) is 0 Å². The first-order valence-corrected chi connectivity index (χ1v) is 12.5. The van der Waals surface area contributed by atoms with Crippen LogP contribution in [-0.4, -0.2) is 85.2 Å². The number of nitrogens with two attached hydrogens (primary N) is 2. The standard InChI is InChI=1S/C24H38ClN5O4/c1-34-22-14-21(27)19(25)13-18(22)23(31)28-17-6-11-30(12-7-17)15-16-4-9-29(10-5-16)8-2-3-20(26)24(32)33/h13-14,16-17,20H,2-12,15,26-27H2,1H3,(H,28,31)(H,32,33). The van der Waals surface area contributed by atoms with Gasteiger partial charge in [0.15, 0.2) is 0 Å². The molecule has 1 amide bonds. The van der Waals surface area contributed by atoms with Crippen LogP contribution in [-0.2, 0) is 4.79 Å². The van der Waals surface area contributed by atoms with Gasteiger partial charge in [0.05, 0.1) is 23.4 Å². The molecule has 2 heterocycles. The quantitative estimate of drug-likeness (QED) is 0.362. The highest BCUT2D eigenvalue weighted by molar-refractivity contribution is 6.33. The third kappa shape index (κ3) is 7.46. The number of carbonyl (C=O) groups excluding carboxylic acids is 1. The fourth-order valence-electron chi connectivity index (χ4n) is 4.85. The zero-order valence-corrected chi connectivity index (χ0v) is 20.7. The summed E-state index contributed by atoms with van der Waals surface area (Å²) in [7, 11) is 1.51. The maximum absolute atomic E-state index is 12.8. The van der Waals surface area contributed by atoms with Gasteiger partial charge in [-0.25, -0.2) is 0 Å². The number of rotatable bonds is 10. The Morgan fingerprint density at radius 3 is 2.44 bits per heavy atom. The van der Waals surface area contributed by atoms with Gasteiger partial charge in [0.2, 0.25) is 0 Å². The maximum Gasteiger partial charge on any atom is 0.320 e. The van der Waals surface area contributed by atoms with Crippen LogP contribution in [0, 0.1) is 5.92 Å². The SMILES string of the molecule is COc1cc(N)c(Cl)cc1C(=O)NC1CCN(CC2CCN(CCCC(N)C(=O)O)CC2)CC1. The number of amides is 1. The van der Waals surface area contributed by atoms with Gasteiger partial charge >= 0.3 is 5.97 Å². The number of nitrogens with zero attached hydrogens (tertiary/aromatic N) is 2. The second-order valence-electron chi connectivity index (χ2n) is 9.49. The lowest BCUT2D eigenvalue weighted by Gasteiger charge is -2.38. The predicted molar refractivity (Wildman–Crippen MR) is 133 cm³/mol. The molecule has 0 bridgehead atoms. The molecule has 0 saturated carbocycles.